The van der Waals surface area contributed by atoms with Crippen LogP contribution in [0.25, 0.3) is 0 Å². The molecular formula is C18H14Cl3FN4O2. The summed E-state index contributed by atoms with van der Waals surface area (Å²) in [6, 6.07) is 13.5. The van der Waals surface area contributed by atoms with Gasteiger partial charge in [-0.2, -0.15) is 0 Å². The molecule has 1 aliphatic heterocycles. The molecule has 1 aliphatic rings. The second-order valence-electron chi connectivity index (χ2n) is 5.84. The minimum Gasteiger partial charge on any atom is -0.360 e. The predicted molar refractivity (Wildman–Crippen MR) is 109 cm³/mol. The summed E-state index contributed by atoms with van der Waals surface area (Å²) in [7, 11) is 1.26. The van der Waals surface area contributed by atoms with Gasteiger partial charge in [0.1, 0.15) is 5.82 Å². The van der Waals surface area contributed by atoms with Gasteiger partial charge in [-0.1, -0.05) is 65.1 Å². The number of hydrogen-bond donors (Lipinski definition) is 1. The molecule has 0 saturated carbocycles. The Morgan fingerprint density at radius 2 is 1.64 bits per heavy atom. The Morgan fingerprint density at radius 1 is 1.04 bits per heavy atom. The molecule has 10 heteroatoms. The lowest BCUT2D eigenvalue weighted by Crippen LogP contribution is -2.38. The molecule has 2 aromatic rings. The number of carbonyl (C=O) groups excluding carboxylic acids is 2. The molecule has 0 aliphatic carbocycles. The van der Waals surface area contributed by atoms with Crippen molar-refractivity contribution in [2.45, 2.75) is 9.96 Å². The molecule has 28 heavy (non-hydrogen) atoms. The third kappa shape index (κ3) is 4.06. The number of alkyl halides is 3. The average molecular weight is 444 g/mol. The van der Waals surface area contributed by atoms with E-state index in [0.717, 1.165) is 15.9 Å². The van der Waals surface area contributed by atoms with Crippen LogP contribution in [0.3, 0.4) is 0 Å². The molecule has 1 saturated heterocycles. The van der Waals surface area contributed by atoms with Gasteiger partial charge in [0.15, 0.2) is 6.17 Å². The van der Waals surface area contributed by atoms with Crippen LogP contribution in [0, 0.1) is 5.82 Å². The number of carbonyl (C=O) groups is 2. The lowest BCUT2D eigenvalue weighted by atomic mass is 10.3. The van der Waals surface area contributed by atoms with Crippen LogP contribution in [-0.2, 0) is 4.79 Å². The minimum atomic E-state index is -1.96. The number of para-hydroxylation sites is 2. The van der Waals surface area contributed by atoms with Crippen molar-refractivity contribution in [3.8, 4) is 0 Å². The SMILES string of the molecule is CN1C(=O)C(=NC(Nc2ccccc2)C(Cl)(Cl)Cl)N(c2ccccc2F)C1=O. The van der Waals surface area contributed by atoms with E-state index in [9.17, 15) is 14.0 Å². The molecule has 3 amide bonds. The first-order chi connectivity index (χ1) is 13.2. The van der Waals surface area contributed by atoms with Crippen molar-refractivity contribution in [3.05, 3.63) is 60.4 Å². The molecule has 1 atom stereocenters. The van der Waals surface area contributed by atoms with Gasteiger partial charge in [-0.25, -0.2) is 19.1 Å². The zero-order chi connectivity index (χ0) is 20.5. The lowest BCUT2D eigenvalue weighted by molar-refractivity contribution is -0.119. The fraction of sp³-hybridized carbons (Fsp3) is 0.167. The summed E-state index contributed by atoms with van der Waals surface area (Å²) in [4.78, 5) is 31.0. The molecule has 1 unspecified atom stereocenters. The van der Waals surface area contributed by atoms with E-state index < -0.39 is 27.7 Å². The zero-order valence-electron chi connectivity index (χ0n) is 14.4. The van der Waals surface area contributed by atoms with E-state index in [1.807, 2.05) is 0 Å². The van der Waals surface area contributed by atoms with Crippen molar-refractivity contribution in [1.82, 2.24) is 4.90 Å². The number of amidine groups is 1. The maximum Gasteiger partial charge on any atom is 0.337 e. The Hall–Kier alpha value is -2.35. The van der Waals surface area contributed by atoms with Crippen molar-refractivity contribution >= 4 is 64.0 Å². The first-order valence-corrected chi connectivity index (χ1v) is 9.16. The van der Waals surface area contributed by atoms with E-state index in [-0.39, 0.29) is 11.5 Å². The molecule has 0 aromatic heterocycles. The number of halogens is 4. The Labute approximate surface area is 175 Å². The van der Waals surface area contributed by atoms with Crippen LogP contribution in [-0.4, -0.2) is 39.7 Å². The van der Waals surface area contributed by atoms with E-state index in [2.05, 4.69) is 10.3 Å². The van der Waals surface area contributed by atoms with Crippen molar-refractivity contribution in [2.24, 2.45) is 4.99 Å². The Bertz CT molecular complexity index is 934. The molecular weight excluding hydrogens is 430 g/mol. The zero-order valence-corrected chi connectivity index (χ0v) is 16.7. The van der Waals surface area contributed by atoms with Crippen molar-refractivity contribution in [1.29, 1.82) is 0 Å². The van der Waals surface area contributed by atoms with E-state index in [1.54, 1.807) is 30.3 Å². The normalized spacial score (nSPS) is 17.4. The average Bonchev–Trinajstić information content (AvgIpc) is 2.86. The highest BCUT2D eigenvalue weighted by Gasteiger charge is 2.44. The van der Waals surface area contributed by atoms with E-state index in [4.69, 9.17) is 34.8 Å². The summed E-state index contributed by atoms with van der Waals surface area (Å²) >= 11 is 18.1. The van der Waals surface area contributed by atoms with Gasteiger partial charge in [-0.05, 0) is 24.3 Å². The van der Waals surface area contributed by atoms with Crippen LogP contribution in [0.1, 0.15) is 0 Å². The molecule has 0 radical (unpaired) electrons. The van der Waals surface area contributed by atoms with Gasteiger partial charge in [-0.3, -0.25) is 9.69 Å². The second-order valence-corrected chi connectivity index (χ2v) is 8.21. The number of benzene rings is 2. The van der Waals surface area contributed by atoms with Crippen LogP contribution in [0.5, 0.6) is 0 Å². The van der Waals surface area contributed by atoms with Crippen LogP contribution < -0.4 is 10.2 Å². The summed E-state index contributed by atoms with van der Waals surface area (Å²) in [5, 5.41) is 2.90. The number of rotatable bonds is 4. The van der Waals surface area contributed by atoms with Gasteiger partial charge in [0, 0.05) is 12.7 Å². The number of nitrogens with one attached hydrogen (secondary N) is 1. The number of aliphatic imine (C=N–C) groups is 1. The highest BCUT2D eigenvalue weighted by atomic mass is 35.6. The maximum absolute atomic E-state index is 14.3. The van der Waals surface area contributed by atoms with Gasteiger partial charge < -0.3 is 5.32 Å². The lowest BCUT2D eigenvalue weighted by Gasteiger charge is -2.24. The standard InChI is InChI=1S/C18H14Cl3FN4O2/c1-25-15(27)14(26(17(25)28)13-10-6-5-9-12(13)22)24-16(18(19,20)21)23-11-7-3-2-4-8-11/h2-10,16,23H,1H3. The molecule has 6 nitrogen and oxygen atoms in total. The van der Waals surface area contributed by atoms with E-state index in [0.29, 0.717) is 5.69 Å². The van der Waals surface area contributed by atoms with Crippen molar-refractivity contribution < 1.29 is 14.0 Å². The Kier molecular flexibility index (Phi) is 5.79. The van der Waals surface area contributed by atoms with Crippen LogP contribution in [0.2, 0.25) is 0 Å². The highest BCUT2D eigenvalue weighted by molar-refractivity contribution is 6.68. The summed E-state index contributed by atoms with van der Waals surface area (Å²) < 4.78 is 12.3. The number of nitrogens with zero attached hydrogens (tertiary/aromatic N) is 3. The minimum absolute atomic E-state index is 0.133. The molecule has 0 spiro atoms. The number of urea groups is 1. The van der Waals surface area contributed by atoms with Crippen LogP contribution in [0.4, 0.5) is 20.6 Å². The summed E-state index contributed by atoms with van der Waals surface area (Å²) in [5.74, 6) is -1.81. The summed E-state index contributed by atoms with van der Waals surface area (Å²) in [6.45, 7) is 0. The molecule has 2 aromatic carbocycles. The molecule has 1 fully saturated rings. The molecule has 1 N–H and O–H groups in total. The third-order valence-corrected chi connectivity index (χ3v) is 4.54. The topological polar surface area (TPSA) is 65.0 Å². The van der Waals surface area contributed by atoms with Gasteiger partial charge in [-0.15, -0.1) is 0 Å². The first-order valence-electron chi connectivity index (χ1n) is 8.03. The largest absolute Gasteiger partial charge is 0.360 e. The number of amides is 3. The highest BCUT2D eigenvalue weighted by Crippen LogP contribution is 2.34. The Morgan fingerprint density at radius 3 is 2.25 bits per heavy atom. The quantitative estimate of drug-likeness (QED) is 0.561. The third-order valence-electron chi connectivity index (χ3n) is 3.92. The second kappa shape index (κ2) is 7.95. The molecule has 1 heterocycles. The van der Waals surface area contributed by atoms with Gasteiger partial charge in [0.25, 0.3) is 5.91 Å². The first kappa shape index (κ1) is 20.4. The predicted octanol–water partition coefficient (Wildman–Crippen LogP) is 4.43. The van der Waals surface area contributed by atoms with Crippen molar-refractivity contribution in [2.75, 3.05) is 17.3 Å². The fourth-order valence-electron chi connectivity index (χ4n) is 2.54. The van der Waals surface area contributed by atoms with Crippen LogP contribution >= 0.6 is 34.8 Å². The van der Waals surface area contributed by atoms with Gasteiger partial charge in [0.2, 0.25) is 9.63 Å². The number of imide groups is 1. The Balaban J connectivity index is 2.07. The van der Waals surface area contributed by atoms with E-state index in [1.165, 1.54) is 25.2 Å². The fourth-order valence-corrected chi connectivity index (χ4v) is 2.85. The molecule has 3 rings (SSSR count). The maximum atomic E-state index is 14.3. The summed E-state index contributed by atoms with van der Waals surface area (Å²) in [6.07, 6.45) is -1.23. The van der Waals surface area contributed by atoms with Gasteiger partial charge in [0.05, 0.1) is 5.69 Å². The van der Waals surface area contributed by atoms with Crippen LogP contribution in [0.15, 0.2) is 59.6 Å². The molecule has 146 valence electrons. The number of likely N-dealkylation sites (N-methyl/N-ethyl adjacent to an activating group) is 1. The molecule has 0 bridgehead atoms. The smallest absolute Gasteiger partial charge is 0.337 e. The van der Waals surface area contributed by atoms with E-state index >= 15 is 0 Å². The monoisotopic (exact) mass is 442 g/mol. The van der Waals surface area contributed by atoms with Gasteiger partial charge >= 0.3 is 6.03 Å². The number of hydrogen-bond acceptors (Lipinski definition) is 4. The summed E-state index contributed by atoms with van der Waals surface area (Å²) in [5.41, 5.74) is 0.442. The number of anilines is 2. The van der Waals surface area contributed by atoms with Crippen molar-refractivity contribution in [3.63, 3.8) is 0 Å².